The molecule has 0 amide bonds. The third-order valence-corrected chi connectivity index (χ3v) is 5.53. The number of ether oxygens (including phenoxy) is 2. The van der Waals surface area contributed by atoms with Gasteiger partial charge in [0, 0.05) is 29.3 Å². The standard InChI is InChI=1S/C22H21F3N2O4/c23-22(24,25)21-20(27(28)29)17(16-8-4-5-9-19(16)31-21)14-18(15-6-2-1-3-7-15)26-10-12-30-13-11-26/h1-9,14,17,20-21H,10-13H2/b18-14+/t17-,20-,21-/m1/s1. The minimum atomic E-state index is -4.89. The van der Waals surface area contributed by atoms with Crippen LogP contribution in [-0.4, -0.2) is 54.4 Å². The summed E-state index contributed by atoms with van der Waals surface area (Å²) in [5, 5.41) is 11.9. The van der Waals surface area contributed by atoms with Crippen molar-refractivity contribution in [3.8, 4) is 5.75 Å². The molecule has 0 N–H and O–H groups in total. The van der Waals surface area contributed by atoms with Crippen LogP contribution in [0.3, 0.4) is 0 Å². The number of nitro groups is 1. The molecule has 0 spiro atoms. The number of morpholine rings is 1. The van der Waals surface area contributed by atoms with E-state index >= 15 is 0 Å². The summed E-state index contributed by atoms with van der Waals surface area (Å²) in [5.74, 6) is -1.11. The monoisotopic (exact) mass is 434 g/mol. The number of benzene rings is 2. The van der Waals surface area contributed by atoms with E-state index in [-0.39, 0.29) is 5.75 Å². The average Bonchev–Trinajstić information content (AvgIpc) is 2.77. The molecule has 0 aromatic heterocycles. The molecule has 0 bridgehead atoms. The molecule has 2 aromatic carbocycles. The summed E-state index contributed by atoms with van der Waals surface area (Å²) in [7, 11) is 0. The highest BCUT2D eigenvalue weighted by atomic mass is 19.4. The summed E-state index contributed by atoms with van der Waals surface area (Å²) in [6, 6.07) is 13.4. The van der Waals surface area contributed by atoms with Gasteiger partial charge >= 0.3 is 6.18 Å². The number of nitrogens with zero attached hydrogens (tertiary/aromatic N) is 2. The zero-order valence-corrected chi connectivity index (χ0v) is 16.5. The van der Waals surface area contributed by atoms with Crippen LogP contribution in [0.15, 0.2) is 60.7 Å². The van der Waals surface area contributed by atoms with E-state index < -0.39 is 29.2 Å². The third kappa shape index (κ3) is 4.36. The molecule has 3 atom stereocenters. The molecule has 1 saturated heterocycles. The Hall–Kier alpha value is -3.07. The Kier molecular flexibility index (Phi) is 5.86. The molecule has 164 valence electrons. The Morgan fingerprint density at radius 3 is 2.35 bits per heavy atom. The van der Waals surface area contributed by atoms with Gasteiger partial charge in [-0.25, -0.2) is 0 Å². The molecule has 0 aliphatic carbocycles. The Balaban J connectivity index is 1.88. The van der Waals surface area contributed by atoms with E-state index in [1.807, 2.05) is 35.2 Å². The van der Waals surface area contributed by atoms with Crippen molar-refractivity contribution in [3.05, 3.63) is 81.9 Å². The van der Waals surface area contributed by atoms with Crippen molar-refractivity contribution < 1.29 is 27.6 Å². The fourth-order valence-corrected chi connectivity index (χ4v) is 4.10. The van der Waals surface area contributed by atoms with Crippen molar-refractivity contribution in [1.29, 1.82) is 0 Å². The van der Waals surface area contributed by atoms with Gasteiger partial charge in [-0.3, -0.25) is 10.1 Å². The molecule has 1 fully saturated rings. The van der Waals surface area contributed by atoms with Gasteiger partial charge in [-0.2, -0.15) is 13.2 Å². The molecule has 4 rings (SSSR count). The first-order valence-electron chi connectivity index (χ1n) is 9.92. The van der Waals surface area contributed by atoms with Crippen LogP contribution in [0.2, 0.25) is 0 Å². The normalized spacial score (nSPS) is 24.3. The molecule has 0 unspecified atom stereocenters. The lowest BCUT2D eigenvalue weighted by molar-refractivity contribution is -0.546. The van der Waals surface area contributed by atoms with Crippen LogP contribution in [0.4, 0.5) is 13.2 Å². The first kappa shape index (κ1) is 21.2. The molecule has 0 saturated carbocycles. The van der Waals surface area contributed by atoms with Gasteiger partial charge in [0.05, 0.1) is 19.1 Å². The van der Waals surface area contributed by atoms with Gasteiger partial charge in [0.25, 0.3) is 12.1 Å². The molecule has 2 heterocycles. The second-order valence-electron chi connectivity index (χ2n) is 7.44. The number of rotatable bonds is 4. The summed E-state index contributed by atoms with van der Waals surface area (Å²) in [6.45, 7) is 2.02. The smallest absolute Gasteiger partial charge is 0.432 e. The van der Waals surface area contributed by atoms with Crippen molar-refractivity contribution in [2.45, 2.75) is 24.2 Å². The third-order valence-electron chi connectivity index (χ3n) is 5.53. The predicted molar refractivity (Wildman–Crippen MR) is 107 cm³/mol. The summed E-state index contributed by atoms with van der Waals surface area (Å²) < 4.78 is 51.8. The second kappa shape index (κ2) is 8.58. The van der Waals surface area contributed by atoms with Crippen LogP contribution in [0, 0.1) is 10.1 Å². The first-order valence-corrected chi connectivity index (χ1v) is 9.92. The largest absolute Gasteiger partial charge is 0.473 e. The summed E-state index contributed by atoms with van der Waals surface area (Å²) >= 11 is 0. The zero-order valence-electron chi connectivity index (χ0n) is 16.5. The van der Waals surface area contributed by atoms with Crippen LogP contribution >= 0.6 is 0 Å². The van der Waals surface area contributed by atoms with Crippen LogP contribution in [0.1, 0.15) is 17.0 Å². The van der Waals surface area contributed by atoms with E-state index in [1.54, 1.807) is 24.3 Å². The molecule has 9 heteroatoms. The first-order chi connectivity index (χ1) is 14.9. The lowest BCUT2D eigenvalue weighted by atomic mass is 9.83. The summed E-state index contributed by atoms with van der Waals surface area (Å²) in [5.41, 5.74) is 1.80. The number of para-hydroxylation sites is 1. The molecule has 0 radical (unpaired) electrons. The molecule has 2 aliphatic rings. The molecule has 2 aliphatic heterocycles. The van der Waals surface area contributed by atoms with E-state index in [0.717, 1.165) is 5.56 Å². The maximum absolute atomic E-state index is 13.8. The zero-order chi connectivity index (χ0) is 22.0. The Labute approximate surface area is 177 Å². The van der Waals surface area contributed by atoms with Gasteiger partial charge in [0.1, 0.15) is 5.75 Å². The maximum Gasteiger partial charge on any atom is 0.432 e. The number of hydrogen-bond donors (Lipinski definition) is 0. The van der Waals surface area contributed by atoms with Gasteiger partial charge in [0.15, 0.2) is 0 Å². The average molecular weight is 434 g/mol. The Morgan fingerprint density at radius 1 is 1.06 bits per heavy atom. The van der Waals surface area contributed by atoms with Gasteiger partial charge in [0.2, 0.25) is 0 Å². The lowest BCUT2D eigenvalue weighted by Crippen LogP contribution is -2.53. The highest BCUT2D eigenvalue weighted by molar-refractivity contribution is 5.66. The predicted octanol–water partition coefficient (Wildman–Crippen LogP) is 4.11. The highest BCUT2D eigenvalue weighted by Gasteiger charge is 2.58. The molecule has 2 aromatic rings. The summed E-state index contributed by atoms with van der Waals surface area (Å²) in [6.07, 6.45) is -5.84. The van der Waals surface area contributed by atoms with Crippen LogP contribution in [0.25, 0.3) is 5.70 Å². The minimum absolute atomic E-state index is 0.0126. The fraction of sp³-hybridized carbons (Fsp3) is 0.364. The minimum Gasteiger partial charge on any atom is -0.473 e. The van der Waals surface area contributed by atoms with Crippen LogP contribution < -0.4 is 4.74 Å². The molecule has 31 heavy (non-hydrogen) atoms. The van der Waals surface area contributed by atoms with Crippen molar-refractivity contribution in [2.24, 2.45) is 0 Å². The van der Waals surface area contributed by atoms with Crippen molar-refractivity contribution in [2.75, 3.05) is 26.3 Å². The van der Waals surface area contributed by atoms with Crippen molar-refractivity contribution >= 4 is 5.70 Å². The van der Waals surface area contributed by atoms with Gasteiger partial charge < -0.3 is 14.4 Å². The Bertz CT molecular complexity index is 959. The number of hydrogen-bond acceptors (Lipinski definition) is 5. The number of alkyl halides is 3. The molecular formula is C22H21F3N2O4. The van der Waals surface area contributed by atoms with E-state index in [0.29, 0.717) is 37.6 Å². The second-order valence-corrected chi connectivity index (χ2v) is 7.44. The summed E-state index contributed by atoms with van der Waals surface area (Å²) in [4.78, 5) is 13.0. The van der Waals surface area contributed by atoms with Crippen molar-refractivity contribution in [1.82, 2.24) is 4.90 Å². The van der Waals surface area contributed by atoms with E-state index in [9.17, 15) is 23.3 Å². The highest BCUT2D eigenvalue weighted by Crippen LogP contribution is 2.44. The van der Waals surface area contributed by atoms with Crippen molar-refractivity contribution in [3.63, 3.8) is 0 Å². The fourth-order valence-electron chi connectivity index (χ4n) is 4.10. The van der Waals surface area contributed by atoms with Gasteiger partial charge in [-0.1, -0.05) is 48.5 Å². The quantitative estimate of drug-likeness (QED) is 0.535. The van der Waals surface area contributed by atoms with Gasteiger partial charge in [-0.15, -0.1) is 0 Å². The molecule has 6 nitrogen and oxygen atoms in total. The number of halogens is 3. The maximum atomic E-state index is 13.8. The van der Waals surface area contributed by atoms with E-state index in [4.69, 9.17) is 9.47 Å². The van der Waals surface area contributed by atoms with E-state index in [2.05, 4.69) is 0 Å². The topological polar surface area (TPSA) is 64.8 Å². The van der Waals surface area contributed by atoms with E-state index in [1.165, 1.54) is 6.07 Å². The van der Waals surface area contributed by atoms with Crippen LogP contribution in [0.5, 0.6) is 5.75 Å². The van der Waals surface area contributed by atoms with Crippen LogP contribution in [-0.2, 0) is 4.74 Å². The van der Waals surface area contributed by atoms with Gasteiger partial charge in [-0.05, 0) is 17.7 Å². The molecular weight excluding hydrogens is 413 g/mol. The SMILES string of the molecule is O=[N+]([O-])[C@@H]1[C@H](/C=C(\c2ccccc2)N2CCOCC2)c2ccccc2O[C@H]1C(F)(F)F. The number of fused-ring (bicyclic) bond motifs is 1. The Morgan fingerprint density at radius 2 is 1.71 bits per heavy atom. The lowest BCUT2D eigenvalue weighted by Gasteiger charge is -2.36.